The molecule has 0 amide bonds. The van der Waals surface area contributed by atoms with Crippen molar-refractivity contribution in [1.29, 1.82) is 0 Å². The highest BCUT2D eigenvalue weighted by atomic mass is 35.5. The molecular formula is C14H22ClN3. The van der Waals surface area contributed by atoms with Crippen molar-refractivity contribution < 1.29 is 0 Å². The summed E-state index contributed by atoms with van der Waals surface area (Å²) in [6.45, 7) is 3.78. The van der Waals surface area contributed by atoms with E-state index in [-0.39, 0.29) is 0 Å². The van der Waals surface area contributed by atoms with Crippen molar-refractivity contribution in [3.63, 3.8) is 0 Å². The molecule has 0 aromatic heterocycles. The first-order chi connectivity index (χ1) is 8.74. The zero-order valence-electron chi connectivity index (χ0n) is 11.0. The number of benzene rings is 1. The van der Waals surface area contributed by atoms with Crippen LogP contribution in [0.15, 0.2) is 29.3 Å². The average Bonchev–Trinajstić information content (AvgIpc) is 2.37. The summed E-state index contributed by atoms with van der Waals surface area (Å²) < 4.78 is 0. The Kier molecular flexibility index (Phi) is 7.26. The number of halogens is 1. The van der Waals surface area contributed by atoms with E-state index < -0.39 is 0 Å². The molecule has 0 fully saturated rings. The molecule has 0 heterocycles. The number of guanidine groups is 1. The maximum atomic E-state index is 6.08. The summed E-state index contributed by atoms with van der Waals surface area (Å²) in [5.74, 6) is 0.544. The van der Waals surface area contributed by atoms with Gasteiger partial charge in [-0.1, -0.05) is 43.1 Å². The number of nitrogens with one attached hydrogen (secondary N) is 1. The lowest BCUT2D eigenvalue weighted by molar-refractivity contribution is 0.744. The van der Waals surface area contributed by atoms with Gasteiger partial charge in [0, 0.05) is 18.1 Å². The van der Waals surface area contributed by atoms with Crippen LogP contribution < -0.4 is 11.1 Å². The predicted octanol–water partition coefficient (Wildman–Crippen LogP) is 2.98. The van der Waals surface area contributed by atoms with Crippen LogP contribution in [0.5, 0.6) is 0 Å². The lowest BCUT2D eigenvalue weighted by atomic mass is 10.1. The highest BCUT2D eigenvalue weighted by molar-refractivity contribution is 6.31. The first kappa shape index (κ1) is 14.8. The van der Waals surface area contributed by atoms with E-state index in [2.05, 4.69) is 23.3 Å². The van der Waals surface area contributed by atoms with Gasteiger partial charge >= 0.3 is 0 Å². The Morgan fingerprint density at radius 1 is 1.33 bits per heavy atom. The molecule has 3 N–H and O–H groups in total. The quantitative estimate of drug-likeness (QED) is 0.453. The number of hydrogen-bond donors (Lipinski definition) is 2. The largest absolute Gasteiger partial charge is 0.370 e. The Bertz CT molecular complexity index is 377. The predicted molar refractivity (Wildman–Crippen MR) is 79.2 cm³/mol. The molecule has 0 aliphatic rings. The van der Waals surface area contributed by atoms with Crippen LogP contribution in [0.3, 0.4) is 0 Å². The molecule has 3 nitrogen and oxygen atoms in total. The summed E-state index contributed by atoms with van der Waals surface area (Å²) in [6, 6.07) is 7.92. The number of rotatable bonds is 7. The van der Waals surface area contributed by atoms with Gasteiger partial charge in [-0.2, -0.15) is 0 Å². The molecule has 0 aliphatic heterocycles. The summed E-state index contributed by atoms with van der Waals surface area (Å²) in [4.78, 5) is 4.28. The maximum Gasteiger partial charge on any atom is 0.188 e. The molecule has 1 rings (SSSR count). The Hall–Kier alpha value is -1.22. The fourth-order valence-corrected chi connectivity index (χ4v) is 1.85. The molecule has 1 aromatic rings. The zero-order chi connectivity index (χ0) is 13.2. The third-order valence-corrected chi connectivity index (χ3v) is 3.05. The minimum Gasteiger partial charge on any atom is -0.370 e. The Morgan fingerprint density at radius 2 is 2.11 bits per heavy atom. The van der Waals surface area contributed by atoms with Crippen molar-refractivity contribution in [3.8, 4) is 0 Å². The van der Waals surface area contributed by atoms with Crippen LogP contribution in [-0.2, 0) is 6.42 Å². The van der Waals surface area contributed by atoms with Crippen molar-refractivity contribution in [2.75, 3.05) is 13.1 Å². The van der Waals surface area contributed by atoms with Crippen molar-refractivity contribution >= 4 is 17.6 Å². The fourth-order valence-electron chi connectivity index (χ4n) is 1.62. The van der Waals surface area contributed by atoms with E-state index in [1.165, 1.54) is 5.56 Å². The van der Waals surface area contributed by atoms with Gasteiger partial charge < -0.3 is 11.1 Å². The Balaban J connectivity index is 2.22. The molecule has 18 heavy (non-hydrogen) atoms. The van der Waals surface area contributed by atoms with Gasteiger partial charge in [-0.15, -0.1) is 0 Å². The highest BCUT2D eigenvalue weighted by Crippen LogP contribution is 2.16. The van der Waals surface area contributed by atoms with E-state index >= 15 is 0 Å². The second kappa shape index (κ2) is 8.81. The molecule has 4 heteroatoms. The van der Waals surface area contributed by atoms with Crippen molar-refractivity contribution in [2.24, 2.45) is 10.7 Å². The molecule has 0 unspecified atom stereocenters. The monoisotopic (exact) mass is 267 g/mol. The van der Waals surface area contributed by atoms with Gasteiger partial charge in [0.2, 0.25) is 0 Å². The normalized spacial score (nSPS) is 11.6. The topological polar surface area (TPSA) is 50.4 Å². The number of unbranched alkanes of at least 4 members (excludes halogenated alkanes) is 1. The van der Waals surface area contributed by atoms with Crippen molar-refractivity contribution in [3.05, 3.63) is 34.9 Å². The SMILES string of the molecule is CCCCNC(N)=NCCCc1ccccc1Cl. The lowest BCUT2D eigenvalue weighted by Gasteiger charge is -2.05. The van der Waals surface area contributed by atoms with Crippen molar-refractivity contribution in [2.45, 2.75) is 32.6 Å². The van der Waals surface area contributed by atoms with Gasteiger partial charge in [0.05, 0.1) is 0 Å². The van der Waals surface area contributed by atoms with Crippen LogP contribution in [0.1, 0.15) is 31.7 Å². The molecular weight excluding hydrogens is 246 g/mol. The second-order valence-corrected chi connectivity index (χ2v) is 4.65. The number of aliphatic imine (C=N–C) groups is 1. The number of aryl methyl sites for hydroxylation is 1. The summed E-state index contributed by atoms with van der Waals surface area (Å²) >= 11 is 6.08. The summed E-state index contributed by atoms with van der Waals surface area (Å²) in [7, 11) is 0. The minimum absolute atomic E-state index is 0.544. The Morgan fingerprint density at radius 3 is 2.83 bits per heavy atom. The summed E-state index contributed by atoms with van der Waals surface area (Å²) in [6.07, 6.45) is 4.17. The van der Waals surface area contributed by atoms with Crippen LogP contribution in [0.4, 0.5) is 0 Å². The summed E-state index contributed by atoms with van der Waals surface area (Å²) in [5.41, 5.74) is 6.91. The minimum atomic E-state index is 0.544. The summed E-state index contributed by atoms with van der Waals surface area (Å²) in [5, 5.41) is 3.92. The molecule has 0 bridgehead atoms. The van der Waals surface area contributed by atoms with Gasteiger partial charge in [-0.05, 0) is 30.9 Å². The third-order valence-electron chi connectivity index (χ3n) is 2.68. The standard InChI is InChI=1S/C14H22ClN3/c1-2-3-10-17-14(16)18-11-6-8-12-7-4-5-9-13(12)15/h4-5,7,9H,2-3,6,8,10-11H2,1H3,(H3,16,17,18). The van der Waals surface area contributed by atoms with Crippen molar-refractivity contribution in [1.82, 2.24) is 5.32 Å². The first-order valence-electron chi connectivity index (χ1n) is 6.51. The van der Waals surface area contributed by atoms with Crippen LogP contribution >= 0.6 is 11.6 Å². The van der Waals surface area contributed by atoms with Gasteiger partial charge in [0.1, 0.15) is 0 Å². The first-order valence-corrected chi connectivity index (χ1v) is 6.89. The van der Waals surface area contributed by atoms with E-state index in [9.17, 15) is 0 Å². The molecule has 100 valence electrons. The third kappa shape index (κ3) is 5.92. The molecule has 0 radical (unpaired) electrons. The van der Waals surface area contributed by atoms with E-state index in [4.69, 9.17) is 17.3 Å². The number of nitrogens with two attached hydrogens (primary N) is 1. The van der Waals surface area contributed by atoms with Crippen LogP contribution in [0.25, 0.3) is 0 Å². The van der Waals surface area contributed by atoms with E-state index in [1.807, 2.05) is 18.2 Å². The van der Waals surface area contributed by atoms with Gasteiger partial charge in [0.25, 0.3) is 0 Å². The number of hydrogen-bond acceptors (Lipinski definition) is 1. The van der Waals surface area contributed by atoms with Crippen LogP contribution in [0.2, 0.25) is 5.02 Å². The molecule has 0 spiro atoms. The van der Waals surface area contributed by atoms with Crippen LogP contribution in [0, 0.1) is 0 Å². The molecule has 0 atom stereocenters. The number of nitrogens with zero attached hydrogens (tertiary/aromatic N) is 1. The highest BCUT2D eigenvalue weighted by Gasteiger charge is 1.98. The van der Waals surface area contributed by atoms with Crippen LogP contribution in [-0.4, -0.2) is 19.0 Å². The smallest absolute Gasteiger partial charge is 0.188 e. The Labute approximate surface area is 114 Å². The lowest BCUT2D eigenvalue weighted by Crippen LogP contribution is -2.32. The van der Waals surface area contributed by atoms with E-state index in [0.717, 1.165) is 43.8 Å². The van der Waals surface area contributed by atoms with Gasteiger partial charge in [0.15, 0.2) is 5.96 Å². The van der Waals surface area contributed by atoms with E-state index in [0.29, 0.717) is 5.96 Å². The van der Waals surface area contributed by atoms with Gasteiger partial charge in [-0.3, -0.25) is 4.99 Å². The molecule has 0 aliphatic carbocycles. The maximum absolute atomic E-state index is 6.08. The molecule has 0 saturated carbocycles. The molecule has 0 saturated heterocycles. The zero-order valence-corrected chi connectivity index (χ0v) is 11.7. The fraction of sp³-hybridized carbons (Fsp3) is 0.500. The molecule has 1 aromatic carbocycles. The van der Waals surface area contributed by atoms with E-state index in [1.54, 1.807) is 0 Å². The average molecular weight is 268 g/mol. The second-order valence-electron chi connectivity index (χ2n) is 4.24. The van der Waals surface area contributed by atoms with Gasteiger partial charge in [-0.25, -0.2) is 0 Å².